The van der Waals surface area contributed by atoms with E-state index in [-0.39, 0.29) is 11.8 Å². The van der Waals surface area contributed by atoms with Gasteiger partial charge in [-0.15, -0.1) is 0 Å². The van der Waals surface area contributed by atoms with Crippen LogP contribution in [0.25, 0.3) is 0 Å². The molecule has 2 aromatic rings. The van der Waals surface area contributed by atoms with E-state index in [4.69, 9.17) is 0 Å². The lowest BCUT2D eigenvalue weighted by Gasteiger charge is -2.34. The van der Waals surface area contributed by atoms with Crippen LogP contribution in [0.5, 0.6) is 0 Å². The Labute approximate surface area is 136 Å². The van der Waals surface area contributed by atoms with E-state index >= 15 is 0 Å². The highest BCUT2D eigenvalue weighted by Crippen LogP contribution is 2.41. The molecule has 22 heavy (non-hydrogen) atoms. The van der Waals surface area contributed by atoms with E-state index in [1.54, 1.807) is 4.68 Å². The highest BCUT2D eigenvalue weighted by atomic mass is 79.9. The van der Waals surface area contributed by atoms with Gasteiger partial charge in [0.1, 0.15) is 12.4 Å². The van der Waals surface area contributed by atoms with E-state index < -0.39 is 0 Å². The van der Waals surface area contributed by atoms with Gasteiger partial charge in [-0.25, -0.2) is 4.68 Å². The van der Waals surface area contributed by atoms with Crippen LogP contribution in [0.15, 0.2) is 46.3 Å². The molecule has 112 valence electrons. The Hall–Kier alpha value is -1.95. The number of aromatic nitrogens is 3. The largest absolute Gasteiger partial charge is 0.328 e. The predicted octanol–water partition coefficient (Wildman–Crippen LogP) is 3.31. The first kappa shape index (κ1) is 13.7. The summed E-state index contributed by atoms with van der Waals surface area (Å²) < 4.78 is 2.79. The summed E-state index contributed by atoms with van der Waals surface area (Å²) in [7, 11) is 0. The van der Waals surface area contributed by atoms with Gasteiger partial charge in [0.25, 0.3) is 0 Å². The van der Waals surface area contributed by atoms with Gasteiger partial charge < -0.3 is 5.32 Å². The van der Waals surface area contributed by atoms with Crippen LogP contribution >= 0.6 is 15.9 Å². The Balaban J connectivity index is 1.92. The summed E-state index contributed by atoms with van der Waals surface area (Å²) in [5.74, 6) is 1.26. The van der Waals surface area contributed by atoms with Crippen LogP contribution in [-0.2, 0) is 4.79 Å². The molecule has 2 heterocycles. The van der Waals surface area contributed by atoms with Crippen LogP contribution in [0, 0.1) is 5.92 Å². The van der Waals surface area contributed by atoms with Crippen molar-refractivity contribution >= 4 is 27.7 Å². The molecule has 1 aliphatic carbocycles. The van der Waals surface area contributed by atoms with Crippen molar-refractivity contribution in [2.45, 2.75) is 25.8 Å². The van der Waals surface area contributed by atoms with Crippen LogP contribution in [0.4, 0.5) is 5.95 Å². The standard InChI is InChI=1S/C16H15BrN4O/c1-9-5-12-14(13(22)6-9)15(10-3-2-4-11(17)7-10)21-16(20-12)18-8-19-21/h2-4,7-9,15H,5-6H2,1H3,(H,18,19,20)/t9-,15-/m0/s1. The molecule has 0 amide bonds. The second kappa shape index (κ2) is 5.05. The minimum absolute atomic E-state index is 0.201. The Morgan fingerprint density at radius 2 is 2.23 bits per heavy atom. The second-order valence-electron chi connectivity index (χ2n) is 5.94. The number of carbonyl (C=O) groups excluding carboxylic acids is 1. The molecule has 2 atom stereocenters. The third-order valence-electron chi connectivity index (χ3n) is 4.23. The molecule has 6 heteroatoms. The zero-order chi connectivity index (χ0) is 15.3. The molecule has 0 fully saturated rings. The van der Waals surface area contributed by atoms with Crippen molar-refractivity contribution < 1.29 is 4.79 Å². The predicted molar refractivity (Wildman–Crippen MR) is 86.4 cm³/mol. The van der Waals surface area contributed by atoms with Gasteiger partial charge in [-0.2, -0.15) is 10.1 Å². The number of rotatable bonds is 1. The summed E-state index contributed by atoms with van der Waals surface area (Å²) in [5, 5.41) is 7.62. The van der Waals surface area contributed by atoms with E-state index in [0.717, 1.165) is 27.7 Å². The van der Waals surface area contributed by atoms with Gasteiger partial charge in [0.15, 0.2) is 5.78 Å². The van der Waals surface area contributed by atoms with Crippen molar-refractivity contribution in [3.8, 4) is 0 Å². The Kier molecular flexibility index (Phi) is 3.14. The van der Waals surface area contributed by atoms with Crippen molar-refractivity contribution in [3.05, 3.63) is 51.9 Å². The molecule has 5 nitrogen and oxygen atoms in total. The smallest absolute Gasteiger partial charge is 0.226 e. The topological polar surface area (TPSA) is 59.8 Å². The number of carbonyl (C=O) groups is 1. The SMILES string of the molecule is C[C@@H]1CC(=O)C2=C(C1)Nc1ncnn1[C@H]2c1cccc(Br)c1. The number of hydrogen-bond donors (Lipinski definition) is 1. The summed E-state index contributed by atoms with van der Waals surface area (Å²) in [4.78, 5) is 16.9. The first-order valence-electron chi connectivity index (χ1n) is 7.31. The van der Waals surface area contributed by atoms with Gasteiger partial charge in [0.2, 0.25) is 5.95 Å². The molecule has 1 aromatic heterocycles. The minimum atomic E-state index is -0.203. The summed E-state index contributed by atoms with van der Waals surface area (Å²) in [6.07, 6.45) is 2.99. The summed E-state index contributed by atoms with van der Waals surface area (Å²) in [6.45, 7) is 2.11. The molecule has 0 unspecified atom stereocenters. The van der Waals surface area contributed by atoms with E-state index in [1.165, 1.54) is 6.33 Å². The molecule has 0 saturated heterocycles. The lowest BCUT2D eigenvalue weighted by atomic mass is 9.81. The molecule has 1 aliphatic heterocycles. The molecule has 4 rings (SSSR count). The molecule has 1 aromatic carbocycles. The monoisotopic (exact) mass is 358 g/mol. The maximum Gasteiger partial charge on any atom is 0.226 e. The van der Waals surface area contributed by atoms with Crippen molar-refractivity contribution in [2.75, 3.05) is 5.32 Å². The van der Waals surface area contributed by atoms with Crippen LogP contribution in [0.1, 0.15) is 31.4 Å². The van der Waals surface area contributed by atoms with E-state index in [0.29, 0.717) is 18.3 Å². The number of benzene rings is 1. The van der Waals surface area contributed by atoms with Gasteiger partial charge in [0.05, 0.1) is 0 Å². The van der Waals surface area contributed by atoms with Crippen LogP contribution in [0.2, 0.25) is 0 Å². The molecule has 0 radical (unpaired) electrons. The minimum Gasteiger partial charge on any atom is -0.328 e. The van der Waals surface area contributed by atoms with Gasteiger partial charge in [0, 0.05) is 22.2 Å². The highest BCUT2D eigenvalue weighted by Gasteiger charge is 2.37. The molecule has 0 spiro atoms. The van der Waals surface area contributed by atoms with Gasteiger partial charge >= 0.3 is 0 Å². The van der Waals surface area contributed by atoms with Crippen molar-refractivity contribution in [2.24, 2.45) is 5.92 Å². The molecule has 0 saturated carbocycles. The van der Waals surface area contributed by atoms with Crippen LogP contribution < -0.4 is 5.32 Å². The summed E-state index contributed by atoms with van der Waals surface area (Å²) in [6, 6.07) is 7.83. The average Bonchev–Trinajstić information content (AvgIpc) is 2.92. The lowest BCUT2D eigenvalue weighted by molar-refractivity contribution is -0.117. The Morgan fingerprint density at radius 3 is 3.05 bits per heavy atom. The zero-order valence-corrected chi connectivity index (χ0v) is 13.7. The Bertz CT molecular complexity index is 795. The van der Waals surface area contributed by atoms with Gasteiger partial charge in [-0.05, 0) is 30.0 Å². The second-order valence-corrected chi connectivity index (χ2v) is 6.86. The quantitative estimate of drug-likeness (QED) is 0.849. The number of hydrogen-bond acceptors (Lipinski definition) is 4. The fourth-order valence-electron chi connectivity index (χ4n) is 3.33. The normalized spacial score (nSPS) is 23.8. The van der Waals surface area contributed by atoms with Gasteiger partial charge in [-0.3, -0.25) is 4.79 Å². The van der Waals surface area contributed by atoms with Gasteiger partial charge in [-0.1, -0.05) is 35.0 Å². The van der Waals surface area contributed by atoms with Crippen molar-refractivity contribution in [1.29, 1.82) is 0 Å². The third-order valence-corrected chi connectivity index (χ3v) is 4.72. The number of halogens is 1. The molecule has 2 aliphatic rings. The van der Waals surface area contributed by atoms with Crippen molar-refractivity contribution in [3.63, 3.8) is 0 Å². The summed E-state index contributed by atoms with van der Waals surface area (Å²) >= 11 is 3.51. The maximum absolute atomic E-state index is 12.7. The van der Waals surface area contributed by atoms with Crippen LogP contribution in [0.3, 0.4) is 0 Å². The number of ketones is 1. The maximum atomic E-state index is 12.7. The Morgan fingerprint density at radius 1 is 1.36 bits per heavy atom. The first-order valence-corrected chi connectivity index (χ1v) is 8.11. The fourth-order valence-corrected chi connectivity index (χ4v) is 3.75. The molecular weight excluding hydrogens is 344 g/mol. The van der Waals surface area contributed by atoms with Crippen molar-refractivity contribution in [1.82, 2.24) is 14.8 Å². The van der Waals surface area contributed by atoms with E-state index in [1.807, 2.05) is 24.3 Å². The van der Waals surface area contributed by atoms with E-state index in [2.05, 4.69) is 38.3 Å². The fraction of sp³-hybridized carbons (Fsp3) is 0.312. The molecule has 1 N–H and O–H groups in total. The third kappa shape index (κ3) is 2.09. The van der Waals surface area contributed by atoms with Crippen LogP contribution in [-0.4, -0.2) is 20.5 Å². The number of anilines is 1. The zero-order valence-electron chi connectivity index (χ0n) is 12.1. The lowest BCUT2D eigenvalue weighted by Crippen LogP contribution is -2.33. The summed E-state index contributed by atoms with van der Waals surface area (Å²) in [5.41, 5.74) is 2.86. The number of nitrogens with zero attached hydrogens (tertiary/aromatic N) is 3. The first-order chi connectivity index (χ1) is 10.6. The van der Waals surface area contributed by atoms with E-state index in [9.17, 15) is 4.79 Å². The number of nitrogens with one attached hydrogen (secondary N) is 1. The highest BCUT2D eigenvalue weighted by molar-refractivity contribution is 9.10. The number of Topliss-reactive ketones (excluding diaryl/α,β-unsaturated/α-hetero) is 1. The average molecular weight is 359 g/mol. The molecule has 0 bridgehead atoms. The number of fused-ring (bicyclic) bond motifs is 1. The molecular formula is C16H15BrN4O. The number of allylic oxidation sites excluding steroid dienone is 2.